The fourth-order valence-corrected chi connectivity index (χ4v) is 2.95. The molecule has 1 N–H and O–H groups in total. The highest BCUT2D eigenvalue weighted by molar-refractivity contribution is 6.30. The number of aliphatic hydroxyl groups is 1. The van der Waals surface area contributed by atoms with Crippen molar-refractivity contribution in [1.29, 1.82) is 0 Å². The Hall–Kier alpha value is -0.580. The minimum atomic E-state index is -0.454. The number of rotatable bonds is 1. The second-order valence-electron chi connectivity index (χ2n) is 4.52. The Balaban J connectivity index is 2.02. The van der Waals surface area contributed by atoms with Crippen molar-refractivity contribution >= 4 is 11.6 Å². The zero-order chi connectivity index (χ0) is 11.1. The van der Waals surface area contributed by atoms with Crippen molar-refractivity contribution in [3.63, 3.8) is 0 Å². The summed E-state index contributed by atoms with van der Waals surface area (Å²) >= 11 is 6.10. The van der Waals surface area contributed by atoms with Crippen LogP contribution in [-0.4, -0.2) is 27.9 Å². The first-order valence-corrected chi connectivity index (χ1v) is 6.17. The summed E-state index contributed by atoms with van der Waals surface area (Å²) in [4.78, 5) is 4.41. The van der Waals surface area contributed by atoms with E-state index in [9.17, 15) is 5.11 Å². The van der Waals surface area contributed by atoms with Crippen LogP contribution in [0.2, 0.25) is 5.15 Å². The highest BCUT2D eigenvalue weighted by Crippen LogP contribution is 2.35. The van der Waals surface area contributed by atoms with Gasteiger partial charge in [-0.1, -0.05) is 11.6 Å². The number of halogens is 1. The van der Waals surface area contributed by atoms with Crippen molar-refractivity contribution in [2.24, 2.45) is 0 Å². The maximum Gasteiger partial charge on any atom is 0.153 e. The summed E-state index contributed by atoms with van der Waals surface area (Å²) in [7, 11) is 0. The van der Waals surface area contributed by atoms with Gasteiger partial charge in [0.15, 0.2) is 5.15 Å². The Morgan fingerprint density at radius 1 is 1.44 bits per heavy atom. The quantitative estimate of drug-likeness (QED) is 0.818. The van der Waals surface area contributed by atoms with Crippen LogP contribution in [0.5, 0.6) is 0 Å². The van der Waals surface area contributed by atoms with Crippen LogP contribution in [0.1, 0.15) is 42.8 Å². The molecule has 0 aliphatic carbocycles. The molecule has 0 radical (unpaired) electrons. The Bertz CT molecular complexity index is 399. The van der Waals surface area contributed by atoms with Gasteiger partial charge in [-0.05, 0) is 19.3 Å². The fourth-order valence-electron chi connectivity index (χ4n) is 2.63. The SMILES string of the molecule is OC1CCCn2c(C3CCOC3)nc(Cl)c21. The van der Waals surface area contributed by atoms with Gasteiger partial charge < -0.3 is 14.4 Å². The van der Waals surface area contributed by atoms with E-state index >= 15 is 0 Å². The molecule has 5 heteroatoms. The van der Waals surface area contributed by atoms with Crippen molar-refractivity contribution < 1.29 is 9.84 Å². The summed E-state index contributed by atoms with van der Waals surface area (Å²) in [5.74, 6) is 1.34. The molecule has 0 saturated carbocycles. The van der Waals surface area contributed by atoms with Gasteiger partial charge in [0.1, 0.15) is 5.82 Å². The van der Waals surface area contributed by atoms with E-state index in [0.717, 1.165) is 50.5 Å². The molecule has 0 bridgehead atoms. The minimum Gasteiger partial charge on any atom is -0.387 e. The summed E-state index contributed by atoms with van der Waals surface area (Å²) < 4.78 is 7.47. The average molecular weight is 243 g/mol. The summed E-state index contributed by atoms with van der Waals surface area (Å²) in [6, 6.07) is 0. The number of aromatic nitrogens is 2. The Labute approximate surface area is 99.2 Å². The van der Waals surface area contributed by atoms with Gasteiger partial charge >= 0.3 is 0 Å². The molecule has 2 aliphatic rings. The summed E-state index contributed by atoms with van der Waals surface area (Å²) in [6.07, 6.45) is 2.32. The van der Waals surface area contributed by atoms with Gasteiger partial charge in [0.2, 0.25) is 0 Å². The van der Waals surface area contributed by atoms with Crippen molar-refractivity contribution in [2.75, 3.05) is 13.2 Å². The number of fused-ring (bicyclic) bond motifs is 1. The first kappa shape index (κ1) is 10.6. The second kappa shape index (κ2) is 4.02. The molecule has 3 rings (SSSR count). The second-order valence-corrected chi connectivity index (χ2v) is 4.87. The van der Waals surface area contributed by atoms with Crippen LogP contribution >= 0.6 is 11.6 Å². The molecule has 2 aliphatic heterocycles. The zero-order valence-corrected chi connectivity index (χ0v) is 9.78. The van der Waals surface area contributed by atoms with Crippen LogP contribution in [0, 0.1) is 0 Å². The Kier molecular flexibility index (Phi) is 2.65. The van der Waals surface area contributed by atoms with Crippen LogP contribution in [-0.2, 0) is 11.3 Å². The van der Waals surface area contributed by atoms with Crippen LogP contribution < -0.4 is 0 Å². The predicted molar refractivity (Wildman–Crippen MR) is 59.6 cm³/mol. The van der Waals surface area contributed by atoms with Crippen molar-refractivity contribution in [2.45, 2.75) is 37.8 Å². The van der Waals surface area contributed by atoms with Gasteiger partial charge in [-0.25, -0.2) is 4.98 Å². The van der Waals surface area contributed by atoms with Crippen LogP contribution in [0.4, 0.5) is 0 Å². The molecule has 2 atom stereocenters. The van der Waals surface area contributed by atoms with E-state index in [0.29, 0.717) is 11.1 Å². The molecular formula is C11H15ClN2O2. The van der Waals surface area contributed by atoms with Gasteiger partial charge in [0.25, 0.3) is 0 Å². The molecule has 0 spiro atoms. The molecule has 2 unspecified atom stereocenters. The molecule has 4 nitrogen and oxygen atoms in total. The van der Waals surface area contributed by atoms with Crippen LogP contribution in [0.15, 0.2) is 0 Å². The summed E-state index contributed by atoms with van der Waals surface area (Å²) in [5.41, 5.74) is 0.801. The van der Waals surface area contributed by atoms with E-state index in [2.05, 4.69) is 9.55 Å². The molecule has 0 amide bonds. The third kappa shape index (κ3) is 1.56. The van der Waals surface area contributed by atoms with Crippen molar-refractivity contribution in [3.8, 4) is 0 Å². The highest BCUT2D eigenvalue weighted by atomic mass is 35.5. The predicted octanol–water partition coefficient (Wildman–Crippen LogP) is 1.87. The third-order valence-electron chi connectivity index (χ3n) is 3.46. The van der Waals surface area contributed by atoms with E-state index in [4.69, 9.17) is 16.3 Å². The number of imidazole rings is 1. The van der Waals surface area contributed by atoms with Gasteiger partial charge in [0.05, 0.1) is 18.4 Å². The molecule has 0 aromatic carbocycles. The van der Waals surface area contributed by atoms with Crippen molar-refractivity contribution in [1.82, 2.24) is 9.55 Å². The van der Waals surface area contributed by atoms with Crippen LogP contribution in [0.25, 0.3) is 0 Å². The Morgan fingerprint density at radius 3 is 3.06 bits per heavy atom. The lowest BCUT2D eigenvalue weighted by Crippen LogP contribution is -2.18. The van der Waals surface area contributed by atoms with E-state index in [1.165, 1.54) is 0 Å². The smallest absolute Gasteiger partial charge is 0.153 e. The molecule has 1 aromatic heterocycles. The van der Waals surface area contributed by atoms with Gasteiger partial charge in [-0.2, -0.15) is 0 Å². The zero-order valence-electron chi connectivity index (χ0n) is 9.03. The normalized spacial score (nSPS) is 29.4. The lowest BCUT2D eigenvalue weighted by atomic mass is 10.1. The molecule has 1 aromatic rings. The average Bonchev–Trinajstić information content (AvgIpc) is 2.86. The maximum atomic E-state index is 9.92. The molecule has 1 saturated heterocycles. The van der Waals surface area contributed by atoms with Crippen molar-refractivity contribution in [3.05, 3.63) is 16.7 Å². The molecule has 1 fully saturated rings. The Morgan fingerprint density at radius 2 is 2.31 bits per heavy atom. The molecule has 16 heavy (non-hydrogen) atoms. The van der Waals surface area contributed by atoms with Gasteiger partial charge in [-0.3, -0.25) is 0 Å². The maximum absolute atomic E-state index is 9.92. The number of nitrogens with zero attached hydrogens (tertiary/aromatic N) is 2. The fraction of sp³-hybridized carbons (Fsp3) is 0.727. The highest BCUT2D eigenvalue weighted by Gasteiger charge is 2.30. The van der Waals surface area contributed by atoms with Gasteiger partial charge in [0, 0.05) is 19.1 Å². The van der Waals surface area contributed by atoms with E-state index in [1.807, 2.05) is 0 Å². The van der Waals surface area contributed by atoms with E-state index in [1.54, 1.807) is 0 Å². The topological polar surface area (TPSA) is 47.3 Å². The first-order chi connectivity index (χ1) is 7.77. The summed E-state index contributed by atoms with van der Waals surface area (Å²) in [5, 5.41) is 10.4. The van der Waals surface area contributed by atoms with E-state index in [-0.39, 0.29) is 0 Å². The molecule has 3 heterocycles. The van der Waals surface area contributed by atoms with E-state index < -0.39 is 6.10 Å². The van der Waals surface area contributed by atoms with Gasteiger partial charge in [-0.15, -0.1) is 0 Å². The largest absolute Gasteiger partial charge is 0.387 e. The molecule has 88 valence electrons. The standard InChI is InChI=1S/C11H15ClN2O2/c12-10-9-8(15)2-1-4-14(9)11(13-10)7-3-5-16-6-7/h7-8,15H,1-6H2. The van der Waals surface area contributed by atoms with Crippen LogP contribution in [0.3, 0.4) is 0 Å². The lowest BCUT2D eigenvalue weighted by Gasteiger charge is -2.22. The first-order valence-electron chi connectivity index (χ1n) is 5.79. The number of hydrogen-bond acceptors (Lipinski definition) is 3. The summed E-state index contributed by atoms with van der Waals surface area (Å²) in [6.45, 7) is 2.44. The lowest BCUT2D eigenvalue weighted by molar-refractivity contribution is 0.137. The monoisotopic (exact) mass is 242 g/mol. The number of aliphatic hydroxyl groups excluding tert-OH is 1. The third-order valence-corrected chi connectivity index (χ3v) is 3.74. The molecular weight excluding hydrogens is 228 g/mol. The number of ether oxygens (including phenoxy) is 1. The number of hydrogen-bond donors (Lipinski definition) is 1. The minimum absolute atomic E-state index is 0.344.